The maximum absolute atomic E-state index is 12.4. The Balaban J connectivity index is 3.04. The molecule has 1 rings (SSSR count). The predicted molar refractivity (Wildman–Crippen MR) is 54.5 cm³/mol. The molecule has 0 saturated heterocycles. The van der Waals surface area contributed by atoms with Crippen LogP contribution in [0.25, 0.3) is 0 Å². The van der Waals surface area contributed by atoms with Crippen LogP contribution in [0.5, 0.6) is 0 Å². The minimum absolute atomic E-state index is 0.0147. The number of alkyl halides is 3. The molecule has 0 radical (unpaired) electrons. The van der Waals surface area contributed by atoms with Crippen LogP contribution >= 0.6 is 11.6 Å². The zero-order valence-corrected chi connectivity index (χ0v) is 8.91. The van der Waals surface area contributed by atoms with E-state index in [0.717, 1.165) is 12.1 Å². The van der Waals surface area contributed by atoms with Gasteiger partial charge in [-0.2, -0.15) is 13.2 Å². The van der Waals surface area contributed by atoms with E-state index >= 15 is 0 Å². The standard InChI is InChI=1S/C9H8ClF3N2O/c1-14-8(16)15-7-3-5(9(11,12)13)2-6(10)4-7/h2-4H,1H3,(H2,14,15,16). The van der Waals surface area contributed by atoms with Crippen LogP contribution in [0, 0.1) is 0 Å². The van der Waals surface area contributed by atoms with Gasteiger partial charge < -0.3 is 10.6 Å². The zero-order chi connectivity index (χ0) is 12.3. The molecule has 88 valence electrons. The van der Waals surface area contributed by atoms with Crippen LogP contribution in [0.3, 0.4) is 0 Å². The van der Waals surface area contributed by atoms with E-state index in [0.29, 0.717) is 0 Å². The van der Waals surface area contributed by atoms with Crippen LogP contribution in [-0.4, -0.2) is 13.1 Å². The lowest BCUT2D eigenvalue weighted by Gasteiger charge is -2.10. The molecule has 0 aromatic heterocycles. The molecule has 0 saturated carbocycles. The Kier molecular flexibility index (Phi) is 3.64. The monoisotopic (exact) mass is 252 g/mol. The van der Waals surface area contributed by atoms with Crippen LogP contribution in [0.1, 0.15) is 5.56 Å². The maximum atomic E-state index is 12.4. The first kappa shape index (κ1) is 12.6. The summed E-state index contributed by atoms with van der Waals surface area (Å²) in [4.78, 5) is 10.9. The largest absolute Gasteiger partial charge is 0.416 e. The summed E-state index contributed by atoms with van der Waals surface area (Å²) in [5.41, 5.74) is -0.925. The van der Waals surface area contributed by atoms with E-state index in [2.05, 4.69) is 10.6 Å². The van der Waals surface area contributed by atoms with Crippen molar-refractivity contribution in [1.29, 1.82) is 0 Å². The molecule has 0 atom stereocenters. The Bertz CT molecular complexity index is 406. The number of nitrogens with one attached hydrogen (secondary N) is 2. The molecule has 0 bridgehead atoms. The lowest BCUT2D eigenvalue weighted by Crippen LogP contribution is -2.24. The average Bonchev–Trinajstić information content (AvgIpc) is 2.15. The fourth-order valence-corrected chi connectivity index (χ4v) is 1.25. The third kappa shape index (κ3) is 3.30. The van der Waals surface area contributed by atoms with Gasteiger partial charge in [0.2, 0.25) is 0 Å². The minimum Gasteiger partial charge on any atom is -0.341 e. The van der Waals surface area contributed by atoms with Crippen molar-refractivity contribution in [2.75, 3.05) is 12.4 Å². The van der Waals surface area contributed by atoms with Crippen LogP contribution in [-0.2, 0) is 6.18 Å². The van der Waals surface area contributed by atoms with Gasteiger partial charge in [0.1, 0.15) is 0 Å². The number of urea groups is 1. The van der Waals surface area contributed by atoms with Gasteiger partial charge in [0.25, 0.3) is 0 Å². The number of carbonyl (C=O) groups excluding carboxylic acids is 1. The van der Waals surface area contributed by atoms with Gasteiger partial charge in [-0.15, -0.1) is 0 Å². The Labute approximate surface area is 94.6 Å². The van der Waals surface area contributed by atoms with Crippen LogP contribution in [0.2, 0.25) is 5.02 Å². The molecule has 16 heavy (non-hydrogen) atoms. The van der Waals surface area contributed by atoms with Crippen LogP contribution in [0.15, 0.2) is 18.2 Å². The van der Waals surface area contributed by atoms with Gasteiger partial charge in [0.15, 0.2) is 0 Å². The zero-order valence-electron chi connectivity index (χ0n) is 8.15. The van der Waals surface area contributed by atoms with Crippen molar-refractivity contribution in [3.63, 3.8) is 0 Å². The third-order valence-corrected chi connectivity index (χ3v) is 1.93. The first-order chi connectivity index (χ1) is 7.32. The van der Waals surface area contributed by atoms with Crippen molar-refractivity contribution < 1.29 is 18.0 Å². The van der Waals surface area contributed by atoms with Gasteiger partial charge in [-0.1, -0.05) is 11.6 Å². The molecule has 0 unspecified atom stereocenters. The van der Waals surface area contributed by atoms with Gasteiger partial charge >= 0.3 is 12.2 Å². The molecular formula is C9H8ClF3N2O. The van der Waals surface area contributed by atoms with Crippen LogP contribution in [0.4, 0.5) is 23.7 Å². The number of halogens is 4. The van der Waals surface area contributed by atoms with E-state index in [9.17, 15) is 18.0 Å². The number of anilines is 1. The van der Waals surface area contributed by atoms with E-state index in [-0.39, 0.29) is 10.7 Å². The lowest BCUT2D eigenvalue weighted by atomic mass is 10.2. The highest BCUT2D eigenvalue weighted by molar-refractivity contribution is 6.31. The molecule has 2 N–H and O–H groups in total. The van der Waals surface area contributed by atoms with Crippen molar-refractivity contribution in [3.8, 4) is 0 Å². The van der Waals surface area contributed by atoms with Crippen LogP contribution < -0.4 is 10.6 Å². The van der Waals surface area contributed by atoms with E-state index in [1.165, 1.54) is 13.1 Å². The number of rotatable bonds is 1. The summed E-state index contributed by atoms with van der Waals surface area (Å²) in [6, 6.07) is 2.21. The number of benzene rings is 1. The quantitative estimate of drug-likeness (QED) is 0.792. The second-order valence-electron chi connectivity index (χ2n) is 2.93. The van der Waals surface area contributed by atoms with Crippen molar-refractivity contribution in [2.45, 2.75) is 6.18 Å². The number of hydrogen-bond acceptors (Lipinski definition) is 1. The molecule has 7 heteroatoms. The highest BCUT2D eigenvalue weighted by Gasteiger charge is 2.31. The Morgan fingerprint density at radius 3 is 2.44 bits per heavy atom. The molecule has 0 aliphatic rings. The highest BCUT2D eigenvalue weighted by atomic mass is 35.5. The molecular weight excluding hydrogens is 245 g/mol. The Morgan fingerprint density at radius 2 is 1.94 bits per heavy atom. The molecule has 0 heterocycles. The molecule has 0 fully saturated rings. The fraction of sp³-hybridized carbons (Fsp3) is 0.222. The van der Waals surface area contributed by atoms with Crippen molar-refractivity contribution in [3.05, 3.63) is 28.8 Å². The highest BCUT2D eigenvalue weighted by Crippen LogP contribution is 2.33. The number of hydrogen-bond donors (Lipinski definition) is 2. The molecule has 1 aromatic carbocycles. The lowest BCUT2D eigenvalue weighted by molar-refractivity contribution is -0.137. The summed E-state index contributed by atoms with van der Waals surface area (Å²) in [6.07, 6.45) is -4.50. The summed E-state index contributed by atoms with van der Waals surface area (Å²) in [6.45, 7) is 0. The first-order valence-electron chi connectivity index (χ1n) is 4.19. The maximum Gasteiger partial charge on any atom is 0.416 e. The normalized spacial score (nSPS) is 11.1. The smallest absolute Gasteiger partial charge is 0.341 e. The second kappa shape index (κ2) is 4.61. The van der Waals surface area contributed by atoms with E-state index in [4.69, 9.17) is 11.6 Å². The van der Waals surface area contributed by atoms with Gasteiger partial charge in [0, 0.05) is 17.8 Å². The fourth-order valence-electron chi connectivity index (χ4n) is 1.02. The molecule has 3 nitrogen and oxygen atoms in total. The van der Waals surface area contributed by atoms with Gasteiger partial charge in [-0.25, -0.2) is 4.79 Å². The van der Waals surface area contributed by atoms with Crippen molar-refractivity contribution >= 4 is 23.3 Å². The molecule has 1 aromatic rings. The second-order valence-corrected chi connectivity index (χ2v) is 3.37. The van der Waals surface area contributed by atoms with E-state index < -0.39 is 17.8 Å². The summed E-state index contributed by atoms with van der Waals surface area (Å²) >= 11 is 5.51. The van der Waals surface area contributed by atoms with Crippen molar-refractivity contribution in [2.24, 2.45) is 0 Å². The SMILES string of the molecule is CNC(=O)Nc1cc(Cl)cc(C(F)(F)F)c1. The Hall–Kier alpha value is -1.43. The van der Waals surface area contributed by atoms with Gasteiger partial charge in [-0.05, 0) is 18.2 Å². The van der Waals surface area contributed by atoms with Gasteiger partial charge in [-0.3, -0.25) is 0 Å². The third-order valence-electron chi connectivity index (χ3n) is 1.71. The van der Waals surface area contributed by atoms with Gasteiger partial charge in [0.05, 0.1) is 5.56 Å². The molecule has 0 aliphatic heterocycles. The summed E-state index contributed by atoms with van der Waals surface area (Å²) < 4.78 is 37.1. The minimum atomic E-state index is -4.50. The molecule has 2 amide bonds. The topological polar surface area (TPSA) is 41.1 Å². The van der Waals surface area contributed by atoms with E-state index in [1.807, 2.05) is 0 Å². The predicted octanol–water partition coefficient (Wildman–Crippen LogP) is 3.11. The van der Waals surface area contributed by atoms with E-state index in [1.54, 1.807) is 0 Å². The average molecular weight is 253 g/mol. The summed E-state index contributed by atoms with van der Waals surface area (Å²) in [5, 5.41) is 4.33. The summed E-state index contributed by atoms with van der Waals surface area (Å²) in [7, 11) is 1.35. The molecule has 0 spiro atoms. The number of carbonyl (C=O) groups is 1. The summed E-state index contributed by atoms with van der Waals surface area (Å²) in [5.74, 6) is 0. The molecule has 0 aliphatic carbocycles. The van der Waals surface area contributed by atoms with Crippen molar-refractivity contribution in [1.82, 2.24) is 5.32 Å². The first-order valence-corrected chi connectivity index (χ1v) is 4.57. The Morgan fingerprint density at radius 1 is 1.31 bits per heavy atom. The number of amides is 2.